The van der Waals surface area contributed by atoms with Gasteiger partial charge in [0.2, 0.25) is 5.89 Å². The standard InChI is InChI=1S/C17H18ClN5O4/c1-9-15(19)16(25)23(17(26)22(9)2)8-14-20-13(21-27-14)7-12(24)10-3-5-11(18)6-4-10/h3-6,12,24H,7-8,19H2,1-2H3/t12-/m0/s1. The largest absolute Gasteiger partial charge is 0.393 e. The molecule has 0 saturated carbocycles. The lowest BCUT2D eigenvalue weighted by Crippen LogP contribution is -2.41. The fourth-order valence-electron chi connectivity index (χ4n) is 2.58. The van der Waals surface area contributed by atoms with Crippen LogP contribution in [-0.4, -0.2) is 24.4 Å². The number of benzene rings is 1. The zero-order valence-electron chi connectivity index (χ0n) is 14.7. The molecule has 1 atom stereocenters. The van der Waals surface area contributed by atoms with Gasteiger partial charge in [0.25, 0.3) is 5.56 Å². The van der Waals surface area contributed by atoms with E-state index < -0.39 is 17.4 Å². The number of nitrogen functional groups attached to an aromatic ring is 1. The first kappa shape index (κ1) is 18.9. The summed E-state index contributed by atoms with van der Waals surface area (Å²) in [6, 6.07) is 6.75. The molecule has 0 bridgehead atoms. The molecule has 1 aromatic carbocycles. The molecule has 10 heteroatoms. The Morgan fingerprint density at radius 1 is 1.30 bits per heavy atom. The molecular formula is C17H18ClN5O4. The maximum absolute atomic E-state index is 12.3. The lowest BCUT2D eigenvalue weighted by molar-refractivity contribution is 0.174. The van der Waals surface area contributed by atoms with Gasteiger partial charge in [-0.15, -0.1) is 0 Å². The molecule has 0 saturated heterocycles. The van der Waals surface area contributed by atoms with Crippen LogP contribution in [0.2, 0.25) is 5.02 Å². The van der Waals surface area contributed by atoms with E-state index in [-0.39, 0.29) is 30.4 Å². The van der Waals surface area contributed by atoms with Crippen molar-refractivity contribution in [2.75, 3.05) is 5.73 Å². The molecule has 27 heavy (non-hydrogen) atoms. The number of aliphatic hydroxyl groups excluding tert-OH is 1. The zero-order chi connectivity index (χ0) is 19.7. The number of hydrogen-bond acceptors (Lipinski definition) is 7. The summed E-state index contributed by atoms with van der Waals surface area (Å²) in [5.74, 6) is 0.313. The Labute approximate surface area is 158 Å². The molecule has 0 fully saturated rings. The van der Waals surface area contributed by atoms with Crippen LogP contribution in [0.1, 0.15) is 29.1 Å². The fraction of sp³-hybridized carbons (Fsp3) is 0.294. The van der Waals surface area contributed by atoms with E-state index in [1.807, 2.05) is 0 Å². The van der Waals surface area contributed by atoms with Gasteiger partial charge in [-0.05, 0) is 24.6 Å². The summed E-state index contributed by atoms with van der Waals surface area (Å²) < 4.78 is 7.30. The van der Waals surface area contributed by atoms with Gasteiger partial charge in [-0.2, -0.15) is 4.98 Å². The number of aliphatic hydroxyl groups is 1. The smallest absolute Gasteiger partial charge is 0.331 e. The number of nitrogens with zero attached hydrogens (tertiary/aromatic N) is 4. The third-order valence-electron chi connectivity index (χ3n) is 4.32. The molecule has 2 aromatic heterocycles. The third kappa shape index (κ3) is 3.79. The minimum absolute atomic E-state index is 0.0185. The highest BCUT2D eigenvalue weighted by Crippen LogP contribution is 2.19. The molecule has 0 unspecified atom stereocenters. The Balaban J connectivity index is 1.80. The normalized spacial score (nSPS) is 12.3. The van der Waals surface area contributed by atoms with Crippen LogP contribution in [0.3, 0.4) is 0 Å². The van der Waals surface area contributed by atoms with E-state index in [4.69, 9.17) is 21.9 Å². The van der Waals surface area contributed by atoms with Gasteiger partial charge in [0.15, 0.2) is 5.82 Å². The summed E-state index contributed by atoms with van der Waals surface area (Å²) >= 11 is 5.83. The number of hydrogen-bond donors (Lipinski definition) is 2. The Bertz CT molecular complexity index is 1050. The SMILES string of the molecule is Cc1c(N)c(=O)n(Cc2nc(C[C@H](O)c3ccc(Cl)cc3)no2)c(=O)n1C. The van der Waals surface area contributed by atoms with Gasteiger partial charge in [-0.25, -0.2) is 9.36 Å². The highest BCUT2D eigenvalue weighted by atomic mass is 35.5. The van der Waals surface area contributed by atoms with Crippen molar-refractivity contribution in [3.8, 4) is 0 Å². The van der Waals surface area contributed by atoms with Crippen LogP contribution in [-0.2, 0) is 20.0 Å². The molecule has 0 amide bonds. The van der Waals surface area contributed by atoms with Gasteiger partial charge < -0.3 is 15.4 Å². The predicted molar refractivity (Wildman–Crippen MR) is 98.6 cm³/mol. The van der Waals surface area contributed by atoms with E-state index >= 15 is 0 Å². The summed E-state index contributed by atoms with van der Waals surface area (Å²) in [5, 5.41) is 14.6. The highest BCUT2D eigenvalue weighted by Gasteiger charge is 2.17. The van der Waals surface area contributed by atoms with Crippen LogP contribution in [0.5, 0.6) is 0 Å². The minimum atomic E-state index is -0.849. The fourth-order valence-corrected chi connectivity index (χ4v) is 2.71. The van der Waals surface area contributed by atoms with Crippen LogP contribution in [0, 0.1) is 6.92 Å². The van der Waals surface area contributed by atoms with Crippen molar-refractivity contribution in [3.63, 3.8) is 0 Å². The number of anilines is 1. The summed E-state index contributed by atoms with van der Waals surface area (Å²) in [5.41, 5.74) is 5.62. The van der Waals surface area contributed by atoms with E-state index in [2.05, 4.69) is 10.1 Å². The number of aromatic nitrogens is 4. The van der Waals surface area contributed by atoms with E-state index in [1.165, 1.54) is 11.6 Å². The van der Waals surface area contributed by atoms with E-state index in [0.29, 0.717) is 16.3 Å². The quantitative estimate of drug-likeness (QED) is 0.657. The summed E-state index contributed by atoms with van der Waals surface area (Å²) in [6.07, 6.45) is -0.744. The van der Waals surface area contributed by atoms with Gasteiger partial charge >= 0.3 is 5.69 Å². The second-order valence-corrected chi connectivity index (χ2v) is 6.54. The molecule has 0 radical (unpaired) electrons. The van der Waals surface area contributed by atoms with E-state index in [9.17, 15) is 14.7 Å². The molecule has 9 nitrogen and oxygen atoms in total. The van der Waals surface area contributed by atoms with Crippen LogP contribution >= 0.6 is 11.6 Å². The third-order valence-corrected chi connectivity index (χ3v) is 4.57. The van der Waals surface area contributed by atoms with Gasteiger partial charge in [0, 0.05) is 24.2 Å². The first-order valence-corrected chi connectivity index (χ1v) is 8.46. The van der Waals surface area contributed by atoms with Crippen molar-refractivity contribution in [2.45, 2.75) is 26.0 Å². The molecule has 0 aliphatic heterocycles. The van der Waals surface area contributed by atoms with Crippen LogP contribution in [0.15, 0.2) is 38.4 Å². The molecule has 3 aromatic rings. The molecule has 2 heterocycles. The average Bonchev–Trinajstić information content (AvgIpc) is 3.09. The maximum atomic E-state index is 12.3. The van der Waals surface area contributed by atoms with Gasteiger partial charge in [0.05, 0.1) is 6.10 Å². The molecular weight excluding hydrogens is 374 g/mol. The molecule has 0 spiro atoms. The van der Waals surface area contributed by atoms with Crippen LogP contribution in [0.4, 0.5) is 5.69 Å². The number of rotatable bonds is 5. The maximum Gasteiger partial charge on any atom is 0.331 e. The Kier molecular flexibility index (Phi) is 5.15. The highest BCUT2D eigenvalue weighted by molar-refractivity contribution is 6.30. The van der Waals surface area contributed by atoms with Crippen molar-refractivity contribution in [1.29, 1.82) is 0 Å². The lowest BCUT2D eigenvalue weighted by Gasteiger charge is -2.10. The zero-order valence-corrected chi connectivity index (χ0v) is 15.5. The van der Waals surface area contributed by atoms with Crippen LogP contribution < -0.4 is 17.0 Å². The number of halogens is 1. The van der Waals surface area contributed by atoms with Crippen molar-refractivity contribution in [2.24, 2.45) is 7.05 Å². The molecule has 0 aliphatic rings. The Morgan fingerprint density at radius 3 is 2.63 bits per heavy atom. The van der Waals surface area contributed by atoms with Crippen molar-refractivity contribution >= 4 is 17.3 Å². The number of nitrogens with two attached hydrogens (primary N) is 1. The average molecular weight is 392 g/mol. The summed E-state index contributed by atoms with van der Waals surface area (Å²) in [7, 11) is 1.52. The summed E-state index contributed by atoms with van der Waals surface area (Å²) in [4.78, 5) is 28.7. The first-order chi connectivity index (χ1) is 12.8. The molecule has 3 rings (SSSR count). The van der Waals surface area contributed by atoms with Crippen LogP contribution in [0.25, 0.3) is 0 Å². The van der Waals surface area contributed by atoms with Gasteiger partial charge in [-0.1, -0.05) is 28.9 Å². The first-order valence-electron chi connectivity index (χ1n) is 8.08. The van der Waals surface area contributed by atoms with Gasteiger partial charge in [-0.3, -0.25) is 9.36 Å². The predicted octanol–water partition coefficient (Wildman–Crippen LogP) is 0.798. The van der Waals surface area contributed by atoms with Crippen molar-refractivity contribution in [1.82, 2.24) is 19.3 Å². The minimum Gasteiger partial charge on any atom is -0.393 e. The molecule has 142 valence electrons. The van der Waals surface area contributed by atoms with E-state index in [0.717, 1.165) is 4.57 Å². The van der Waals surface area contributed by atoms with Crippen molar-refractivity contribution < 1.29 is 9.63 Å². The Hall–Kier alpha value is -2.91. The second-order valence-electron chi connectivity index (χ2n) is 6.11. The molecule has 0 aliphatic carbocycles. The van der Waals surface area contributed by atoms with Gasteiger partial charge in [0.1, 0.15) is 12.2 Å². The Morgan fingerprint density at radius 2 is 1.96 bits per heavy atom. The van der Waals surface area contributed by atoms with Crippen molar-refractivity contribution in [3.05, 3.63) is 73.1 Å². The monoisotopic (exact) mass is 391 g/mol. The second kappa shape index (κ2) is 7.37. The lowest BCUT2D eigenvalue weighted by atomic mass is 10.1. The summed E-state index contributed by atoms with van der Waals surface area (Å²) in [6.45, 7) is 1.38. The molecule has 3 N–H and O–H groups in total. The van der Waals surface area contributed by atoms with E-state index in [1.54, 1.807) is 31.2 Å². The topological polar surface area (TPSA) is 129 Å².